The number of rotatable bonds is 8. The zero-order chi connectivity index (χ0) is 24.9. The van der Waals surface area contributed by atoms with E-state index in [2.05, 4.69) is 10.0 Å². The average molecular weight is 515 g/mol. The molecule has 0 saturated heterocycles. The standard InChI is InChI=1S/C22H18ClF3N2O5S/c1-32-16-5-2-14(3-6-16)28-34(30,31)18-9-7-17(8-10-18)33-13-21(29)27-15-4-11-20(23)19(12-15)22(24,25)26/h2-12,28H,13H2,1H3,(H,27,29). The number of sulfonamides is 1. The van der Waals surface area contributed by atoms with Crippen molar-refractivity contribution in [1.29, 1.82) is 0 Å². The van der Waals surface area contributed by atoms with E-state index >= 15 is 0 Å². The fraction of sp³-hybridized carbons (Fsp3) is 0.136. The zero-order valence-electron chi connectivity index (χ0n) is 17.5. The molecule has 0 saturated carbocycles. The van der Waals surface area contributed by atoms with Crippen LogP contribution < -0.4 is 19.5 Å². The third-order valence-electron chi connectivity index (χ3n) is 4.40. The number of methoxy groups -OCH3 is 1. The van der Waals surface area contributed by atoms with Crippen LogP contribution in [0.4, 0.5) is 24.5 Å². The van der Waals surface area contributed by atoms with Crippen molar-refractivity contribution in [3.8, 4) is 11.5 Å². The summed E-state index contributed by atoms with van der Waals surface area (Å²) in [6.45, 7) is -0.514. The molecule has 3 rings (SSSR count). The number of halogens is 4. The maximum Gasteiger partial charge on any atom is 0.417 e. The lowest BCUT2D eigenvalue weighted by Crippen LogP contribution is -2.20. The number of ether oxygens (including phenoxy) is 2. The second-order valence-electron chi connectivity index (χ2n) is 6.83. The van der Waals surface area contributed by atoms with Gasteiger partial charge < -0.3 is 14.8 Å². The zero-order valence-corrected chi connectivity index (χ0v) is 19.1. The minimum absolute atomic E-state index is 0.0408. The molecule has 0 aliphatic heterocycles. The van der Waals surface area contributed by atoms with Crippen molar-refractivity contribution in [3.05, 3.63) is 77.3 Å². The van der Waals surface area contributed by atoms with Gasteiger partial charge >= 0.3 is 6.18 Å². The second kappa shape index (κ2) is 10.2. The van der Waals surface area contributed by atoms with Gasteiger partial charge in [-0.15, -0.1) is 0 Å². The van der Waals surface area contributed by atoms with Gasteiger partial charge in [0.15, 0.2) is 6.61 Å². The largest absolute Gasteiger partial charge is 0.497 e. The van der Waals surface area contributed by atoms with E-state index in [1.807, 2.05) is 0 Å². The number of alkyl halides is 3. The van der Waals surface area contributed by atoms with E-state index in [1.165, 1.54) is 37.4 Å². The Morgan fingerprint density at radius 3 is 2.12 bits per heavy atom. The van der Waals surface area contributed by atoms with Gasteiger partial charge in [0.05, 0.1) is 22.6 Å². The van der Waals surface area contributed by atoms with Crippen LogP contribution >= 0.6 is 11.6 Å². The normalized spacial score (nSPS) is 11.6. The number of anilines is 2. The Morgan fingerprint density at radius 2 is 1.53 bits per heavy atom. The summed E-state index contributed by atoms with van der Waals surface area (Å²) in [4.78, 5) is 12.0. The lowest BCUT2D eigenvalue weighted by molar-refractivity contribution is -0.137. The highest BCUT2D eigenvalue weighted by Gasteiger charge is 2.33. The van der Waals surface area contributed by atoms with E-state index in [1.54, 1.807) is 24.3 Å². The molecule has 0 unspecified atom stereocenters. The topological polar surface area (TPSA) is 93.7 Å². The van der Waals surface area contributed by atoms with E-state index in [4.69, 9.17) is 21.1 Å². The highest BCUT2D eigenvalue weighted by molar-refractivity contribution is 7.92. The predicted molar refractivity (Wildman–Crippen MR) is 121 cm³/mol. The van der Waals surface area contributed by atoms with Crippen LogP contribution in [0.2, 0.25) is 5.02 Å². The molecule has 0 radical (unpaired) electrons. The van der Waals surface area contributed by atoms with Crippen LogP contribution in [0.1, 0.15) is 5.56 Å². The number of carbonyl (C=O) groups is 1. The Kier molecular flexibility index (Phi) is 7.57. The van der Waals surface area contributed by atoms with Crippen LogP contribution in [0, 0.1) is 0 Å². The molecule has 0 heterocycles. The van der Waals surface area contributed by atoms with E-state index in [9.17, 15) is 26.4 Å². The predicted octanol–water partition coefficient (Wildman–Crippen LogP) is 5.19. The molecule has 0 fully saturated rings. The number of hydrogen-bond acceptors (Lipinski definition) is 5. The molecule has 0 spiro atoms. The van der Waals surface area contributed by atoms with Gasteiger partial charge in [-0.3, -0.25) is 9.52 Å². The summed E-state index contributed by atoms with van der Waals surface area (Å²) in [5.74, 6) is 0.0456. The Labute approximate surface area is 198 Å². The maximum absolute atomic E-state index is 12.9. The third-order valence-corrected chi connectivity index (χ3v) is 6.13. The molecular weight excluding hydrogens is 497 g/mol. The first-order valence-electron chi connectivity index (χ1n) is 9.54. The lowest BCUT2D eigenvalue weighted by Gasteiger charge is -2.12. The summed E-state index contributed by atoms with van der Waals surface area (Å²) in [5, 5.41) is 1.80. The Hall–Kier alpha value is -3.44. The van der Waals surface area contributed by atoms with Crippen LogP contribution in [-0.2, 0) is 21.0 Å². The molecule has 12 heteroatoms. The number of hydrogen-bond donors (Lipinski definition) is 2. The van der Waals surface area contributed by atoms with Gasteiger partial charge in [-0.25, -0.2) is 8.42 Å². The van der Waals surface area contributed by atoms with Gasteiger partial charge in [0.1, 0.15) is 11.5 Å². The molecule has 3 aromatic carbocycles. The highest BCUT2D eigenvalue weighted by Crippen LogP contribution is 2.36. The number of carbonyl (C=O) groups excluding carboxylic acids is 1. The molecule has 0 atom stereocenters. The first kappa shape index (κ1) is 25.2. The van der Waals surface area contributed by atoms with Crippen molar-refractivity contribution in [1.82, 2.24) is 0 Å². The van der Waals surface area contributed by atoms with Crippen molar-refractivity contribution >= 4 is 38.9 Å². The van der Waals surface area contributed by atoms with Gasteiger partial charge in [-0.05, 0) is 66.7 Å². The quantitative estimate of drug-likeness (QED) is 0.432. The minimum Gasteiger partial charge on any atom is -0.497 e. The molecule has 0 aliphatic carbocycles. The van der Waals surface area contributed by atoms with Gasteiger partial charge in [-0.1, -0.05) is 11.6 Å². The summed E-state index contributed by atoms with van der Waals surface area (Å²) >= 11 is 5.55. The molecule has 7 nitrogen and oxygen atoms in total. The first-order valence-corrected chi connectivity index (χ1v) is 11.4. The Morgan fingerprint density at radius 1 is 0.941 bits per heavy atom. The number of nitrogens with one attached hydrogen (secondary N) is 2. The van der Waals surface area contributed by atoms with E-state index in [0.29, 0.717) is 11.4 Å². The minimum atomic E-state index is -4.67. The summed E-state index contributed by atoms with van der Waals surface area (Å²) in [6, 6.07) is 14.5. The van der Waals surface area contributed by atoms with E-state index in [0.717, 1.165) is 12.1 Å². The second-order valence-corrected chi connectivity index (χ2v) is 8.92. The number of amides is 1. The van der Waals surface area contributed by atoms with Crippen molar-refractivity contribution in [2.24, 2.45) is 0 Å². The van der Waals surface area contributed by atoms with Crippen molar-refractivity contribution in [3.63, 3.8) is 0 Å². The molecule has 2 N–H and O–H groups in total. The van der Waals surface area contributed by atoms with Crippen LogP contribution in [-0.4, -0.2) is 28.0 Å². The highest BCUT2D eigenvalue weighted by atomic mass is 35.5. The van der Waals surface area contributed by atoms with E-state index < -0.39 is 39.3 Å². The molecular formula is C22H18ClF3N2O5S. The van der Waals surface area contributed by atoms with Gasteiger partial charge in [0.25, 0.3) is 15.9 Å². The van der Waals surface area contributed by atoms with E-state index in [-0.39, 0.29) is 16.3 Å². The maximum atomic E-state index is 12.9. The molecule has 34 heavy (non-hydrogen) atoms. The Balaban J connectivity index is 1.58. The smallest absolute Gasteiger partial charge is 0.417 e. The molecule has 1 amide bonds. The molecule has 0 bridgehead atoms. The van der Waals surface area contributed by atoms with Crippen LogP contribution in [0.15, 0.2) is 71.6 Å². The SMILES string of the molecule is COc1ccc(NS(=O)(=O)c2ccc(OCC(=O)Nc3ccc(Cl)c(C(F)(F)F)c3)cc2)cc1. The molecule has 0 aliphatic rings. The average Bonchev–Trinajstić information content (AvgIpc) is 2.79. The van der Waals surface area contributed by atoms with Gasteiger partial charge in [0, 0.05) is 11.4 Å². The van der Waals surface area contributed by atoms with Crippen molar-refractivity contribution in [2.75, 3.05) is 23.8 Å². The number of benzene rings is 3. The first-order chi connectivity index (χ1) is 16.0. The van der Waals surface area contributed by atoms with Gasteiger partial charge in [0.2, 0.25) is 0 Å². The van der Waals surface area contributed by atoms with Crippen molar-refractivity contribution in [2.45, 2.75) is 11.1 Å². The summed E-state index contributed by atoms with van der Waals surface area (Å²) in [7, 11) is -2.38. The van der Waals surface area contributed by atoms with Gasteiger partial charge in [-0.2, -0.15) is 13.2 Å². The molecule has 0 aromatic heterocycles. The summed E-state index contributed by atoms with van der Waals surface area (Å²) in [6.07, 6.45) is -4.67. The Bertz CT molecular complexity index is 1270. The third kappa shape index (κ3) is 6.55. The monoisotopic (exact) mass is 514 g/mol. The molecule has 180 valence electrons. The fourth-order valence-electron chi connectivity index (χ4n) is 2.75. The lowest BCUT2D eigenvalue weighted by atomic mass is 10.2. The summed E-state index contributed by atoms with van der Waals surface area (Å²) < 4.78 is 76.6. The van der Waals surface area contributed by atoms with Crippen molar-refractivity contribution < 1.29 is 35.9 Å². The fourth-order valence-corrected chi connectivity index (χ4v) is 4.04. The summed E-state index contributed by atoms with van der Waals surface area (Å²) in [5.41, 5.74) is -0.835. The van der Waals surface area contributed by atoms with Crippen LogP contribution in [0.25, 0.3) is 0 Å². The molecule has 3 aromatic rings. The van der Waals surface area contributed by atoms with Crippen LogP contribution in [0.3, 0.4) is 0 Å². The van der Waals surface area contributed by atoms with Crippen LogP contribution in [0.5, 0.6) is 11.5 Å².